The topological polar surface area (TPSA) is 81.4 Å². The SMILES string of the molecule is COc1ccc(S(N)(=O)=O)cc1NC1CCCCC1(C)C. The molecule has 0 heterocycles. The maximum absolute atomic E-state index is 11.5. The number of methoxy groups -OCH3 is 1. The smallest absolute Gasteiger partial charge is 0.238 e. The Morgan fingerprint density at radius 1 is 1.33 bits per heavy atom. The van der Waals surface area contributed by atoms with Crippen LogP contribution >= 0.6 is 0 Å². The van der Waals surface area contributed by atoms with Gasteiger partial charge in [0.25, 0.3) is 0 Å². The molecule has 1 saturated carbocycles. The van der Waals surface area contributed by atoms with Crippen LogP contribution in [-0.4, -0.2) is 21.6 Å². The zero-order chi connectivity index (χ0) is 15.7. The molecule has 0 radical (unpaired) electrons. The zero-order valence-electron chi connectivity index (χ0n) is 12.8. The van der Waals surface area contributed by atoms with E-state index in [1.54, 1.807) is 19.2 Å². The van der Waals surface area contributed by atoms with Crippen molar-refractivity contribution < 1.29 is 13.2 Å². The van der Waals surface area contributed by atoms with Crippen LogP contribution in [0.4, 0.5) is 5.69 Å². The number of anilines is 1. The summed E-state index contributed by atoms with van der Waals surface area (Å²) in [6.45, 7) is 4.47. The van der Waals surface area contributed by atoms with E-state index in [0.29, 0.717) is 11.4 Å². The van der Waals surface area contributed by atoms with Gasteiger partial charge in [0, 0.05) is 6.04 Å². The third kappa shape index (κ3) is 3.68. The van der Waals surface area contributed by atoms with Gasteiger partial charge in [-0.3, -0.25) is 0 Å². The van der Waals surface area contributed by atoms with Gasteiger partial charge in [0.2, 0.25) is 10.0 Å². The number of rotatable bonds is 4. The Bertz CT molecular complexity index is 611. The largest absolute Gasteiger partial charge is 0.495 e. The summed E-state index contributed by atoms with van der Waals surface area (Å²) in [6, 6.07) is 4.94. The van der Waals surface area contributed by atoms with E-state index in [1.807, 2.05) is 0 Å². The van der Waals surface area contributed by atoms with Crippen LogP contribution in [0.1, 0.15) is 39.5 Å². The van der Waals surface area contributed by atoms with E-state index in [-0.39, 0.29) is 16.4 Å². The van der Waals surface area contributed by atoms with Crippen molar-refractivity contribution in [2.24, 2.45) is 10.6 Å². The van der Waals surface area contributed by atoms with Gasteiger partial charge in [-0.15, -0.1) is 0 Å². The number of nitrogens with one attached hydrogen (secondary N) is 1. The average molecular weight is 312 g/mol. The first-order chi connectivity index (χ1) is 9.74. The molecule has 1 aromatic rings. The van der Waals surface area contributed by atoms with E-state index in [1.165, 1.54) is 18.9 Å². The fourth-order valence-corrected chi connectivity index (χ4v) is 3.47. The third-order valence-electron chi connectivity index (χ3n) is 4.34. The van der Waals surface area contributed by atoms with E-state index >= 15 is 0 Å². The maximum atomic E-state index is 11.5. The Hall–Kier alpha value is -1.27. The lowest BCUT2D eigenvalue weighted by atomic mass is 9.73. The molecule has 0 aromatic heterocycles. The number of ether oxygens (including phenoxy) is 1. The molecule has 1 fully saturated rings. The molecule has 118 valence electrons. The van der Waals surface area contributed by atoms with Gasteiger partial charge in [-0.1, -0.05) is 26.7 Å². The minimum atomic E-state index is -3.72. The summed E-state index contributed by atoms with van der Waals surface area (Å²) < 4.78 is 28.4. The predicted molar refractivity (Wildman–Crippen MR) is 84.0 cm³/mol. The second-order valence-corrected chi connectivity index (χ2v) is 7.90. The lowest BCUT2D eigenvalue weighted by molar-refractivity contribution is 0.216. The number of hydrogen-bond donors (Lipinski definition) is 2. The van der Waals surface area contributed by atoms with Gasteiger partial charge in [0.15, 0.2) is 0 Å². The second kappa shape index (κ2) is 5.85. The van der Waals surface area contributed by atoms with Gasteiger partial charge in [-0.25, -0.2) is 13.6 Å². The summed E-state index contributed by atoms with van der Waals surface area (Å²) in [5.74, 6) is 0.628. The van der Waals surface area contributed by atoms with Crippen molar-refractivity contribution >= 4 is 15.7 Å². The van der Waals surface area contributed by atoms with Crippen LogP contribution in [0.2, 0.25) is 0 Å². The first-order valence-electron chi connectivity index (χ1n) is 7.21. The first-order valence-corrected chi connectivity index (χ1v) is 8.76. The summed E-state index contributed by atoms with van der Waals surface area (Å²) in [4.78, 5) is 0.0967. The summed E-state index contributed by atoms with van der Waals surface area (Å²) in [5, 5.41) is 8.67. The average Bonchev–Trinajstić information content (AvgIpc) is 2.40. The predicted octanol–water partition coefficient (Wildman–Crippen LogP) is 2.72. The Kier molecular flexibility index (Phi) is 4.49. The van der Waals surface area contributed by atoms with Gasteiger partial charge in [0.1, 0.15) is 5.75 Å². The van der Waals surface area contributed by atoms with Crippen LogP contribution in [0.5, 0.6) is 5.75 Å². The highest BCUT2D eigenvalue weighted by Crippen LogP contribution is 2.39. The molecule has 1 atom stereocenters. The molecule has 0 bridgehead atoms. The van der Waals surface area contributed by atoms with E-state index in [4.69, 9.17) is 9.88 Å². The van der Waals surface area contributed by atoms with E-state index < -0.39 is 10.0 Å². The van der Waals surface area contributed by atoms with Crippen molar-refractivity contribution in [3.8, 4) is 5.75 Å². The standard InChI is InChI=1S/C15H24N2O3S/c1-15(2)9-5-4-6-14(15)17-12-10-11(21(16,18)19)7-8-13(12)20-3/h7-8,10,14,17H,4-6,9H2,1-3H3,(H2,16,18,19). The van der Waals surface area contributed by atoms with Crippen LogP contribution in [0.25, 0.3) is 0 Å². The molecule has 6 heteroatoms. The molecule has 1 aliphatic carbocycles. The normalized spacial score (nSPS) is 21.8. The Balaban J connectivity index is 2.33. The van der Waals surface area contributed by atoms with E-state index in [2.05, 4.69) is 19.2 Å². The third-order valence-corrected chi connectivity index (χ3v) is 5.25. The first kappa shape index (κ1) is 16.1. The van der Waals surface area contributed by atoms with Crippen LogP contribution in [0.3, 0.4) is 0 Å². The molecule has 0 amide bonds. The molecule has 5 nitrogen and oxygen atoms in total. The molecule has 1 unspecified atom stereocenters. The molecule has 1 aromatic carbocycles. The number of hydrogen-bond acceptors (Lipinski definition) is 4. The van der Waals surface area contributed by atoms with Crippen molar-refractivity contribution in [2.45, 2.75) is 50.5 Å². The highest BCUT2D eigenvalue weighted by atomic mass is 32.2. The number of benzene rings is 1. The number of sulfonamides is 1. The molecular weight excluding hydrogens is 288 g/mol. The van der Waals surface area contributed by atoms with Gasteiger partial charge in [-0.2, -0.15) is 0 Å². The Morgan fingerprint density at radius 3 is 2.62 bits per heavy atom. The summed E-state index contributed by atoms with van der Waals surface area (Å²) >= 11 is 0. The van der Waals surface area contributed by atoms with Gasteiger partial charge in [-0.05, 0) is 36.5 Å². The summed E-state index contributed by atoms with van der Waals surface area (Å²) in [7, 11) is -2.14. The fraction of sp³-hybridized carbons (Fsp3) is 0.600. The number of nitrogens with two attached hydrogens (primary N) is 1. The second-order valence-electron chi connectivity index (χ2n) is 6.34. The molecule has 3 N–H and O–H groups in total. The lowest BCUT2D eigenvalue weighted by Gasteiger charge is -2.39. The lowest BCUT2D eigenvalue weighted by Crippen LogP contribution is -2.39. The summed E-state index contributed by atoms with van der Waals surface area (Å²) in [5.41, 5.74) is 0.852. The Labute approximate surface area is 126 Å². The van der Waals surface area contributed by atoms with Crippen LogP contribution in [0.15, 0.2) is 23.1 Å². The quantitative estimate of drug-likeness (QED) is 0.895. The molecule has 0 aliphatic heterocycles. The number of primary sulfonamides is 1. The highest BCUT2D eigenvalue weighted by molar-refractivity contribution is 7.89. The van der Waals surface area contributed by atoms with Gasteiger partial charge < -0.3 is 10.1 Å². The minimum Gasteiger partial charge on any atom is -0.495 e. The summed E-state index contributed by atoms with van der Waals surface area (Å²) in [6.07, 6.45) is 4.63. The van der Waals surface area contributed by atoms with Crippen LogP contribution in [-0.2, 0) is 10.0 Å². The zero-order valence-corrected chi connectivity index (χ0v) is 13.7. The van der Waals surface area contributed by atoms with Gasteiger partial charge >= 0.3 is 0 Å². The molecule has 21 heavy (non-hydrogen) atoms. The highest BCUT2D eigenvalue weighted by Gasteiger charge is 2.32. The molecule has 1 aliphatic rings. The van der Waals surface area contributed by atoms with Crippen molar-refractivity contribution in [2.75, 3.05) is 12.4 Å². The Morgan fingerprint density at radius 2 is 2.05 bits per heavy atom. The van der Waals surface area contributed by atoms with Crippen molar-refractivity contribution in [1.29, 1.82) is 0 Å². The molecule has 2 rings (SSSR count). The molecular formula is C15H24N2O3S. The maximum Gasteiger partial charge on any atom is 0.238 e. The fourth-order valence-electron chi connectivity index (χ4n) is 2.93. The van der Waals surface area contributed by atoms with Gasteiger partial charge in [0.05, 0.1) is 17.7 Å². The van der Waals surface area contributed by atoms with E-state index in [9.17, 15) is 8.42 Å². The van der Waals surface area contributed by atoms with Crippen molar-refractivity contribution in [3.63, 3.8) is 0 Å². The van der Waals surface area contributed by atoms with E-state index in [0.717, 1.165) is 12.8 Å². The van der Waals surface area contributed by atoms with Crippen molar-refractivity contribution in [3.05, 3.63) is 18.2 Å². The molecule has 0 spiro atoms. The van der Waals surface area contributed by atoms with Crippen LogP contribution in [0, 0.1) is 5.41 Å². The van der Waals surface area contributed by atoms with Crippen molar-refractivity contribution in [1.82, 2.24) is 0 Å². The monoisotopic (exact) mass is 312 g/mol. The van der Waals surface area contributed by atoms with Crippen LogP contribution < -0.4 is 15.2 Å². The molecule has 0 saturated heterocycles. The minimum absolute atomic E-state index is 0.0967.